The van der Waals surface area contributed by atoms with E-state index < -0.39 is 0 Å². The fourth-order valence-corrected chi connectivity index (χ4v) is 14.0. The molecule has 578 valence electrons. The summed E-state index contributed by atoms with van der Waals surface area (Å²) in [7, 11) is 0. The van der Waals surface area contributed by atoms with E-state index in [9.17, 15) is 28.8 Å². The van der Waals surface area contributed by atoms with Gasteiger partial charge in [0.2, 0.25) is 41.4 Å². The first-order chi connectivity index (χ1) is 57.6. The van der Waals surface area contributed by atoms with E-state index in [1.165, 1.54) is 23.5 Å². The summed E-state index contributed by atoms with van der Waals surface area (Å²) >= 11 is 8.60. The first kappa shape index (κ1) is 76.1. The lowest BCUT2D eigenvalue weighted by Crippen LogP contribution is -2.14. The summed E-state index contributed by atoms with van der Waals surface area (Å²) in [6, 6.07) is 57.0. The second-order valence-electron chi connectivity index (χ2n) is 26.0. The average molecular weight is 1620 g/mol. The number of aromatic amines is 2. The number of allylic oxidation sites excluding steroid dienone is 1. The number of nitrogens with one attached hydrogen (secondary N) is 11. The molecule has 0 saturated heterocycles. The molecule has 1 aliphatic carbocycles. The second kappa shape index (κ2) is 34.6. The standard InChI is InChI=1S/C30H22N6O3S.C29H21N7O3.C28H20ClN7O2S/c1-2-26(37)32-20-11-9-18(10-12-20)28(38)33-21-6-4-7-22(16-21)34-30-35-25-13-14-40-27(25)29(36-30)39-23-15-19-5-3-8-24(19)31-17-23;1-2-24(37)32-20-8-6-17(7-9-20)28(38)33-21-4-3-5-22(15-21)34-29-35-23-11-13-39-26(23)25(36-29)19-14-18-10-12-30-27(18)31-16-19;29-14-23(37)32-19-6-4-16(5-7-19)27(38)33-20-2-1-3-21(13-20)34-28-35-22-9-11-39-25(22)24(36-28)18-12-17-8-10-30-26(17)31-15-18/h2-7,9-17H,1,8H2,(H,32,37)(H,33,38)(H,34,35,36);2-16H,1H2,(H,30,31)(H,32,37)(H,33,38)(H,34,35,36);1-13,15H,14H2,(H,30,31)(H,32,37)(H,33,38)(H,34,35,36). The van der Waals surface area contributed by atoms with Crippen molar-refractivity contribution in [3.05, 3.63) is 301 Å². The maximum atomic E-state index is 12.8. The Labute approximate surface area is 682 Å². The Morgan fingerprint density at radius 2 is 0.932 bits per heavy atom. The van der Waals surface area contributed by atoms with E-state index in [0.717, 1.165) is 77.0 Å². The molecular weight excluding hydrogens is 1550 g/mol. The largest absolute Gasteiger partial charge is 0.460 e. The van der Waals surface area contributed by atoms with Crippen LogP contribution in [0.1, 0.15) is 42.3 Å². The molecule has 0 radical (unpaired) electrons. The minimum Gasteiger partial charge on any atom is -0.460 e. The number of amides is 6. The van der Waals surface area contributed by atoms with Crippen LogP contribution in [0.4, 0.5) is 69.0 Å². The number of H-pyrrole nitrogens is 2. The minimum absolute atomic E-state index is 0.138. The highest BCUT2D eigenvalue weighted by Gasteiger charge is 2.20. The van der Waals surface area contributed by atoms with Crippen LogP contribution in [0.15, 0.2) is 278 Å². The summed E-state index contributed by atoms with van der Waals surface area (Å²) in [5.74, 6) is 0.238. The number of aromatic nitrogens is 11. The molecular formula is C87H63ClN20O8S2. The lowest BCUT2D eigenvalue weighted by atomic mass is 10.1. The van der Waals surface area contributed by atoms with E-state index >= 15 is 0 Å². The molecule has 31 heteroatoms. The van der Waals surface area contributed by atoms with Gasteiger partial charge < -0.3 is 67.0 Å². The number of nitrogens with zero attached hydrogens (tertiary/aromatic N) is 9. The molecule has 28 nitrogen and oxygen atoms in total. The van der Waals surface area contributed by atoms with Gasteiger partial charge in [-0.25, -0.2) is 34.9 Å². The maximum Gasteiger partial charge on any atom is 0.255 e. The Bertz CT molecular complexity index is 6760. The van der Waals surface area contributed by atoms with Gasteiger partial charge in [0.25, 0.3) is 17.7 Å². The first-order valence-corrected chi connectivity index (χ1v) is 38.5. The predicted octanol–water partition coefficient (Wildman–Crippen LogP) is 18.9. The highest BCUT2D eigenvalue weighted by molar-refractivity contribution is 7.18. The number of furan rings is 1. The van der Waals surface area contributed by atoms with E-state index in [0.29, 0.717) is 114 Å². The Hall–Kier alpha value is -15.9. The molecule has 118 heavy (non-hydrogen) atoms. The Balaban J connectivity index is 0.000000132. The molecule has 11 aromatic heterocycles. The van der Waals surface area contributed by atoms with Gasteiger partial charge in [0, 0.05) is 127 Å². The van der Waals surface area contributed by atoms with E-state index in [1.54, 1.807) is 151 Å². The number of hydrogen-bond donors (Lipinski definition) is 11. The normalized spacial score (nSPS) is 11.2. The van der Waals surface area contributed by atoms with Crippen LogP contribution in [-0.4, -0.2) is 96.1 Å². The number of halogens is 1. The van der Waals surface area contributed by atoms with Gasteiger partial charge in [0.05, 0.1) is 39.6 Å². The van der Waals surface area contributed by atoms with Crippen molar-refractivity contribution in [2.45, 2.75) is 6.42 Å². The topological polar surface area (TPSA) is 381 Å². The number of carbonyl (C=O) groups is 6. The Morgan fingerprint density at radius 1 is 0.466 bits per heavy atom. The summed E-state index contributed by atoms with van der Waals surface area (Å²) in [5, 5.41) is 32.2. The maximum absolute atomic E-state index is 12.8. The van der Waals surface area contributed by atoms with Crippen molar-refractivity contribution in [3.8, 4) is 34.1 Å². The molecule has 18 rings (SSSR count). The molecule has 0 atom stereocenters. The van der Waals surface area contributed by atoms with Gasteiger partial charge in [0.15, 0.2) is 5.58 Å². The predicted molar refractivity (Wildman–Crippen MR) is 463 cm³/mol. The van der Waals surface area contributed by atoms with Gasteiger partial charge in [-0.15, -0.1) is 34.3 Å². The number of alkyl halides is 1. The van der Waals surface area contributed by atoms with Crippen LogP contribution >= 0.6 is 34.3 Å². The molecule has 11 heterocycles. The van der Waals surface area contributed by atoms with Crippen LogP contribution in [0.3, 0.4) is 0 Å². The zero-order chi connectivity index (χ0) is 81.0. The van der Waals surface area contributed by atoms with Gasteiger partial charge in [-0.1, -0.05) is 43.5 Å². The van der Waals surface area contributed by atoms with E-state index in [2.05, 4.69) is 118 Å². The van der Waals surface area contributed by atoms with E-state index in [1.807, 2.05) is 102 Å². The molecule has 0 unspecified atom stereocenters. The third-order valence-corrected chi connectivity index (χ3v) is 20.0. The number of fused-ring (bicyclic) bond motifs is 6. The molecule has 6 amide bonds. The number of rotatable bonds is 22. The third-order valence-electron chi connectivity index (χ3n) is 17.9. The minimum atomic E-state index is -0.321. The van der Waals surface area contributed by atoms with Crippen LogP contribution in [0, 0.1) is 0 Å². The number of thiophene rings is 2. The van der Waals surface area contributed by atoms with E-state index in [4.69, 9.17) is 30.7 Å². The number of ether oxygens (including phenoxy) is 1. The SMILES string of the molecule is C=CC(=O)Nc1ccc(C(=O)Nc2cccc(Nc3nc(-c4cnc5[nH]ccc5c4)c4occc4n3)c2)cc1.C=CC(=O)Nc1ccc(C(=O)Nc2cccc(Nc3nc(Oc4cnc5c(c4)C=CC5)c4sccc4n3)c2)cc1.O=C(CCl)Nc1ccc(C(=O)Nc2cccc(Nc3nc(-c4cnc5[nH]ccc5c4)c4sccc4n3)c2)cc1. The second-order valence-corrected chi connectivity index (χ2v) is 28.1. The lowest BCUT2D eigenvalue weighted by molar-refractivity contribution is -0.114. The molecule has 0 bridgehead atoms. The third kappa shape index (κ3) is 18.1. The van der Waals surface area contributed by atoms with Crippen molar-refractivity contribution < 1.29 is 37.9 Å². The molecule has 0 spiro atoms. The van der Waals surface area contributed by atoms with Gasteiger partial charge in [-0.3, -0.25) is 33.8 Å². The molecule has 0 saturated carbocycles. The van der Waals surface area contributed by atoms with Crippen LogP contribution in [0.25, 0.3) is 82.2 Å². The number of benzene rings is 6. The quantitative estimate of drug-likeness (QED) is 0.0222. The molecule has 0 fully saturated rings. The summed E-state index contributed by atoms with van der Waals surface area (Å²) in [6.07, 6.45) is 17.8. The van der Waals surface area contributed by atoms with Crippen molar-refractivity contribution in [2.24, 2.45) is 0 Å². The van der Waals surface area contributed by atoms with Gasteiger partial charge in [-0.2, -0.15) is 4.98 Å². The molecule has 6 aromatic carbocycles. The van der Waals surface area contributed by atoms with Crippen molar-refractivity contribution in [2.75, 3.05) is 53.7 Å². The summed E-state index contributed by atoms with van der Waals surface area (Å²) in [5.41, 5.74) is 16.5. The zero-order valence-electron chi connectivity index (χ0n) is 61.7. The highest BCUT2D eigenvalue weighted by Crippen LogP contribution is 2.37. The number of anilines is 12. The number of hydrogen-bond acceptors (Lipinski definition) is 22. The molecule has 1 aliphatic rings. The fraction of sp³-hybridized carbons (Fsp3) is 0.0230. The first-order valence-electron chi connectivity index (χ1n) is 36.2. The van der Waals surface area contributed by atoms with Crippen LogP contribution in [-0.2, 0) is 20.8 Å². The van der Waals surface area contributed by atoms with Gasteiger partial charge in [-0.05, 0) is 198 Å². The Kier molecular flexibility index (Phi) is 22.3. The van der Waals surface area contributed by atoms with Crippen molar-refractivity contribution in [1.82, 2.24) is 54.8 Å². The van der Waals surface area contributed by atoms with Crippen LogP contribution in [0.2, 0.25) is 0 Å². The zero-order valence-corrected chi connectivity index (χ0v) is 64.1. The number of carbonyl (C=O) groups excluding carboxylic acids is 6. The monoisotopic (exact) mass is 1610 g/mol. The lowest BCUT2D eigenvalue weighted by Gasteiger charge is -2.11. The van der Waals surface area contributed by atoms with Gasteiger partial charge >= 0.3 is 0 Å². The summed E-state index contributed by atoms with van der Waals surface area (Å²) < 4.78 is 13.6. The average Bonchev–Trinajstić information content (AvgIpc) is 1.56. The molecule has 0 aliphatic heterocycles. The van der Waals surface area contributed by atoms with Crippen molar-refractivity contribution in [3.63, 3.8) is 0 Å². The van der Waals surface area contributed by atoms with Gasteiger partial charge in [0.1, 0.15) is 38.8 Å². The van der Waals surface area contributed by atoms with Crippen LogP contribution in [0.5, 0.6) is 11.6 Å². The molecule has 11 N–H and O–H groups in total. The fourth-order valence-electron chi connectivity index (χ4n) is 12.3. The van der Waals surface area contributed by atoms with Crippen molar-refractivity contribution >= 4 is 198 Å². The summed E-state index contributed by atoms with van der Waals surface area (Å²) in [4.78, 5) is 120. The number of pyridine rings is 3. The Morgan fingerprint density at radius 3 is 1.45 bits per heavy atom. The van der Waals surface area contributed by atoms with Crippen LogP contribution < -0.4 is 52.6 Å². The van der Waals surface area contributed by atoms with Crippen molar-refractivity contribution in [1.29, 1.82) is 0 Å². The summed E-state index contributed by atoms with van der Waals surface area (Å²) in [6.45, 7) is 6.85. The van der Waals surface area contributed by atoms with E-state index in [-0.39, 0.29) is 41.3 Å². The molecule has 17 aromatic rings. The highest BCUT2D eigenvalue weighted by atomic mass is 35.5. The smallest absolute Gasteiger partial charge is 0.255 e.